The van der Waals surface area contributed by atoms with E-state index in [4.69, 9.17) is 47.9 Å². The number of ether oxygens (including phenoxy) is 1. The first-order chi connectivity index (χ1) is 31.0. The molecule has 8 aromatic rings. The Morgan fingerprint density at radius 1 is 0.462 bits per heavy atom. The van der Waals surface area contributed by atoms with E-state index in [1.54, 1.807) is 0 Å². The zero-order valence-corrected chi connectivity index (χ0v) is 39.1. The molecular weight excluding hydrogens is 890 g/mol. The Kier molecular flexibility index (Phi) is 11.9. The van der Waals surface area contributed by atoms with E-state index in [1.165, 1.54) is 17.5 Å². The van der Waals surface area contributed by atoms with E-state index in [1.807, 2.05) is 54.6 Å². The molecular formula is C55H42Cl2N6NiO. The van der Waals surface area contributed by atoms with Crippen LogP contribution in [0.25, 0.3) is 90.9 Å². The first kappa shape index (κ1) is 43.7. The molecule has 2 aliphatic rings. The van der Waals surface area contributed by atoms with Gasteiger partial charge >= 0.3 is 16.5 Å². The molecule has 0 aliphatic carbocycles. The molecule has 0 unspecified atom stereocenters. The predicted octanol–water partition coefficient (Wildman–Crippen LogP) is 14.1. The summed E-state index contributed by atoms with van der Waals surface area (Å²) >= 11 is 13.8. The summed E-state index contributed by atoms with van der Waals surface area (Å²) in [4.78, 5) is 30.5. The van der Waals surface area contributed by atoms with Crippen molar-refractivity contribution in [2.45, 2.75) is 48.1 Å². The van der Waals surface area contributed by atoms with Gasteiger partial charge in [-0.05, 0) is 145 Å². The minimum absolute atomic E-state index is 0. The van der Waals surface area contributed by atoms with E-state index in [0.717, 1.165) is 101 Å². The molecule has 0 atom stereocenters. The van der Waals surface area contributed by atoms with E-state index >= 15 is 0 Å². The monoisotopic (exact) mass is 930 g/mol. The Morgan fingerprint density at radius 3 is 1.31 bits per heavy atom. The van der Waals surface area contributed by atoms with Crippen LogP contribution in [0.1, 0.15) is 61.7 Å². The van der Waals surface area contributed by atoms with Gasteiger partial charge in [-0.3, -0.25) is 0 Å². The molecule has 0 saturated heterocycles. The normalized spacial score (nSPS) is 11.8. The molecule has 6 heterocycles. The molecule has 2 aliphatic heterocycles. The fourth-order valence-electron chi connectivity index (χ4n) is 9.31. The summed E-state index contributed by atoms with van der Waals surface area (Å²) in [7, 11) is 0. The van der Waals surface area contributed by atoms with Crippen molar-refractivity contribution in [3.05, 3.63) is 181 Å². The molecule has 7 nitrogen and oxygen atoms in total. The average molecular weight is 933 g/mol. The maximum atomic E-state index is 6.92. The fourth-order valence-corrected chi connectivity index (χ4v) is 9.81. The predicted molar refractivity (Wildman–Crippen MR) is 263 cm³/mol. The summed E-state index contributed by atoms with van der Waals surface area (Å²) in [5.74, 6) is 0.771. The Bertz CT molecular complexity index is 3300. The minimum Gasteiger partial charge on any atom is -0.657 e. The summed E-state index contributed by atoms with van der Waals surface area (Å²) in [6.45, 7) is 13.3. The molecule has 10 heteroatoms. The van der Waals surface area contributed by atoms with Crippen LogP contribution in [0.4, 0.5) is 0 Å². The fraction of sp³-hybridized carbons (Fsp3) is 0.127. The average Bonchev–Trinajstić information content (AvgIpc) is 4.11. The molecule has 322 valence electrons. The van der Waals surface area contributed by atoms with E-state index in [0.29, 0.717) is 28.9 Å². The SMILES string of the molecule is Cc1cc(C)c(-c2c3nc(c(-c4c(Cl)ncnc4Cl)c4ccc([n-]4)c(-c4c(C)cc(C)cc4C)c4nc(c(-c5ccc(OCc6ccccc6)cc5)c5ccc2[n-]5)C=C4)C=C3)c(C)c1.[Ni+2]. The van der Waals surface area contributed by atoms with Gasteiger partial charge in [0.1, 0.15) is 29.0 Å². The van der Waals surface area contributed by atoms with Crippen molar-refractivity contribution < 1.29 is 21.2 Å². The molecule has 8 bridgehead atoms. The summed E-state index contributed by atoms with van der Waals surface area (Å²) in [6, 6.07) is 35.4. The van der Waals surface area contributed by atoms with Crippen LogP contribution < -0.4 is 14.7 Å². The summed E-state index contributed by atoms with van der Waals surface area (Å²) in [6.07, 6.45) is 9.55. The first-order valence-corrected chi connectivity index (χ1v) is 21.9. The Balaban J connectivity index is 0.00000533. The van der Waals surface area contributed by atoms with Crippen molar-refractivity contribution in [2.24, 2.45) is 0 Å². The van der Waals surface area contributed by atoms with Gasteiger partial charge in [0.2, 0.25) is 0 Å². The standard InChI is InChI=1S/C55H42Cl2N6O.Ni/c1-30-24-32(3)47(33(4)25-30)50-41-18-16-39(60-41)49(37-12-14-38(15-13-37)64-28-36-10-8-7-9-11-36)40-17-19-42(61-40)51(48-34(5)26-31(2)27-35(48)6)44-21-23-46(63-44)52(45-22-20-43(50)62-45)53-54(56)58-29-59-55(53)57;/h7-27,29H,28H2,1-6H3;/q-2;+2. The number of hydrogen-bond acceptors (Lipinski definition) is 5. The van der Waals surface area contributed by atoms with E-state index in [-0.39, 0.29) is 26.8 Å². The second-order valence-corrected chi connectivity index (χ2v) is 17.3. The zero-order chi connectivity index (χ0) is 44.2. The molecule has 0 spiro atoms. The van der Waals surface area contributed by atoms with Gasteiger partial charge in [-0.15, -0.1) is 22.1 Å². The number of rotatable bonds is 7. The van der Waals surface area contributed by atoms with Gasteiger partial charge < -0.3 is 14.7 Å². The number of hydrogen-bond donors (Lipinski definition) is 0. The van der Waals surface area contributed by atoms with E-state index < -0.39 is 0 Å². The molecule has 10 rings (SSSR count). The molecule has 0 radical (unpaired) electrons. The number of aryl methyl sites for hydroxylation is 6. The van der Waals surface area contributed by atoms with Crippen LogP contribution in [0.3, 0.4) is 0 Å². The summed E-state index contributed by atoms with van der Waals surface area (Å²) < 4.78 is 6.23. The Hall–Kier alpha value is -6.57. The molecule has 0 saturated carbocycles. The van der Waals surface area contributed by atoms with Crippen molar-refractivity contribution in [1.29, 1.82) is 0 Å². The minimum atomic E-state index is 0. The van der Waals surface area contributed by atoms with Crippen molar-refractivity contribution >= 4 is 69.6 Å². The zero-order valence-electron chi connectivity index (χ0n) is 36.6. The Labute approximate surface area is 398 Å². The molecule has 0 fully saturated rings. The van der Waals surface area contributed by atoms with Gasteiger partial charge in [-0.2, -0.15) is 0 Å². The van der Waals surface area contributed by atoms with Crippen LogP contribution in [0.5, 0.6) is 5.75 Å². The van der Waals surface area contributed by atoms with Crippen molar-refractivity contribution in [2.75, 3.05) is 0 Å². The molecule has 0 N–H and O–H groups in total. The maximum Gasteiger partial charge on any atom is 2.00 e. The van der Waals surface area contributed by atoms with Crippen LogP contribution in [-0.4, -0.2) is 19.9 Å². The van der Waals surface area contributed by atoms with Crippen molar-refractivity contribution in [1.82, 2.24) is 29.9 Å². The van der Waals surface area contributed by atoms with E-state index in [9.17, 15) is 0 Å². The van der Waals surface area contributed by atoms with Crippen molar-refractivity contribution in [3.8, 4) is 50.3 Å². The van der Waals surface area contributed by atoms with Gasteiger partial charge in [0, 0.05) is 0 Å². The smallest absolute Gasteiger partial charge is 0.657 e. The molecule has 0 amide bonds. The van der Waals surface area contributed by atoms with Crippen LogP contribution in [-0.2, 0) is 23.1 Å². The van der Waals surface area contributed by atoms with Gasteiger partial charge in [0.15, 0.2) is 0 Å². The molecule has 65 heavy (non-hydrogen) atoms. The second-order valence-electron chi connectivity index (χ2n) is 16.5. The first-order valence-electron chi connectivity index (χ1n) is 21.2. The molecule has 4 aromatic heterocycles. The summed E-state index contributed by atoms with van der Waals surface area (Å²) in [5, 5.41) is 0.400. The number of fused-ring (bicyclic) bond motifs is 8. The van der Waals surface area contributed by atoms with Gasteiger partial charge in [0.05, 0.1) is 28.3 Å². The summed E-state index contributed by atoms with van der Waals surface area (Å²) in [5.41, 5.74) is 20.6. The third-order valence-corrected chi connectivity index (χ3v) is 12.4. The van der Waals surface area contributed by atoms with Gasteiger partial charge in [-0.25, -0.2) is 19.9 Å². The van der Waals surface area contributed by atoms with Crippen LogP contribution >= 0.6 is 23.2 Å². The largest absolute Gasteiger partial charge is 2.00 e. The topological polar surface area (TPSA) is 89.0 Å². The quantitative estimate of drug-likeness (QED) is 0.116. The van der Waals surface area contributed by atoms with E-state index in [2.05, 4.69) is 124 Å². The number of halogens is 2. The van der Waals surface area contributed by atoms with Crippen LogP contribution in [0.15, 0.2) is 109 Å². The number of benzene rings is 4. The van der Waals surface area contributed by atoms with Crippen molar-refractivity contribution in [3.63, 3.8) is 0 Å². The Morgan fingerprint density at radius 2 is 0.862 bits per heavy atom. The number of nitrogens with zero attached hydrogens (tertiary/aromatic N) is 6. The third kappa shape index (κ3) is 8.23. The third-order valence-electron chi connectivity index (χ3n) is 11.9. The van der Waals surface area contributed by atoms with Crippen LogP contribution in [0.2, 0.25) is 10.3 Å². The second kappa shape index (κ2) is 17.8. The van der Waals surface area contributed by atoms with Gasteiger partial charge in [-0.1, -0.05) is 125 Å². The molecule has 4 aromatic carbocycles. The van der Waals surface area contributed by atoms with Crippen LogP contribution in [0, 0.1) is 41.5 Å². The van der Waals surface area contributed by atoms with Gasteiger partial charge in [0.25, 0.3) is 0 Å². The maximum absolute atomic E-state index is 6.92. The number of aromatic nitrogens is 6.